The zero-order valence-electron chi connectivity index (χ0n) is 18.5. The highest BCUT2D eigenvalue weighted by molar-refractivity contribution is 6.07. The zero-order valence-corrected chi connectivity index (χ0v) is 18.5. The standard InChI is InChI=1S/C21H32N4O3/c1-12(2)16-10-15(20(27)24(13(3)4)11-17(26)28-9)18-14(5)23-25(19(18)22-16)21(6,7)8/h10,12-13H,11H2,1-9H3. The van der Waals surface area contributed by atoms with Crippen LogP contribution < -0.4 is 0 Å². The number of rotatable bonds is 5. The van der Waals surface area contributed by atoms with Crippen LogP contribution in [0.4, 0.5) is 0 Å². The molecule has 0 saturated heterocycles. The SMILES string of the molecule is COC(=O)CN(C(=O)c1cc(C(C)C)nc2c1c(C)nn2C(C)(C)C)C(C)C. The minimum absolute atomic E-state index is 0.0969. The lowest BCUT2D eigenvalue weighted by Gasteiger charge is -2.26. The van der Waals surface area contributed by atoms with Gasteiger partial charge < -0.3 is 9.64 Å². The van der Waals surface area contributed by atoms with E-state index in [4.69, 9.17) is 9.72 Å². The van der Waals surface area contributed by atoms with E-state index in [-0.39, 0.29) is 30.0 Å². The summed E-state index contributed by atoms with van der Waals surface area (Å²) < 4.78 is 6.65. The van der Waals surface area contributed by atoms with Crippen LogP contribution in [0.25, 0.3) is 11.0 Å². The number of hydrogen-bond acceptors (Lipinski definition) is 5. The van der Waals surface area contributed by atoms with E-state index in [1.807, 2.05) is 45.4 Å². The fraction of sp³-hybridized carbons (Fsp3) is 0.619. The molecule has 28 heavy (non-hydrogen) atoms. The van der Waals surface area contributed by atoms with Gasteiger partial charge in [0, 0.05) is 11.7 Å². The van der Waals surface area contributed by atoms with Gasteiger partial charge in [-0.1, -0.05) is 13.8 Å². The number of fused-ring (bicyclic) bond motifs is 1. The average Bonchev–Trinajstić information content (AvgIpc) is 2.95. The van der Waals surface area contributed by atoms with Gasteiger partial charge in [-0.15, -0.1) is 0 Å². The molecule has 0 unspecified atom stereocenters. The lowest BCUT2D eigenvalue weighted by molar-refractivity contribution is -0.141. The summed E-state index contributed by atoms with van der Waals surface area (Å²) >= 11 is 0. The Labute approximate surface area is 167 Å². The Morgan fingerprint density at radius 3 is 2.29 bits per heavy atom. The van der Waals surface area contributed by atoms with Gasteiger partial charge >= 0.3 is 5.97 Å². The summed E-state index contributed by atoms with van der Waals surface area (Å²) in [7, 11) is 1.32. The quantitative estimate of drug-likeness (QED) is 0.731. The maximum absolute atomic E-state index is 13.5. The number of esters is 1. The molecule has 154 valence electrons. The predicted molar refractivity (Wildman–Crippen MR) is 110 cm³/mol. The van der Waals surface area contributed by atoms with Crippen LogP contribution in [0.15, 0.2) is 6.07 Å². The van der Waals surface area contributed by atoms with Gasteiger partial charge in [0.25, 0.3) is 5.91 Å². The van der Waals surface area contributed by atoms with Gasteiger partial charge in [-0.2, -0.15) is 5.10 Å². The van der Waals surface area contributed by atoms with E-state index in [1.54, 1.807) is 0 Å². The van der Waals surface area contributed by atoms with Crippen molar-refractivity contribution in [3.05, 3.63) is 23.0 Å². The second-order valence-corrected chi connectivity index (χ2v) is 8.72. The van der Waals surface area contributed by atoms with Gasteiger partial charge in [0.05, 0.1) is 29.3 Å². The molecule has 0 bridgehead atoms. The van der Waals surface area contributed by atoms with Gasteiger partial charge in [0.15, 0.2) is 5.65 Å². The second-order valence-electron chi connectivity index (χ2n) is 8.72. The summed E-state index contributed by atoms with van der Waals surface area (Å²) in [6.07, 6.45) is 0. The molecule has 0 spiro atoms. The third-order valence-electron chi connectivity index (χ3n) is 4.70. The number of hydrogen-bond donors (Lipinski definition) is 0. The van der Waals surface area contributed by atoms with Crippen molar-refractivity contribution in [3.8, 4) is 0 Å². The molecule has 1 amide bonds. The van der Waals surface area contributed by atoms with Gasteiger partial charge in [0.2, 0.25) is 0 Å². The van der Waals surface area contributed by atoms with E-state index < -0.39 is 5.97 Å². The number of carbonyl (C=O) groups is 2. The molecule has 2 aromatic heterocycles. The Kier molecular flexibility index (Phi) is 6.16. The minimum atomic E-state index is -0.446. The number of pyridine rings is 1. The summed E-state index contributed by atoms with van der Waals surface area (Å²) in [5.41, 5.74) is 2.51. The summed E-state index contributed by atoms with van der Waals surface area (Å²) in [6, 6.07) is 1.68. The number of ether oxygens (including phenoxy) is 1. The molecule has 0 aromatic carbocycles. The van der Waals surface area contributed by atoms with Gasteiger partial charge in [0.1, 0.15) is 6.54 Å². The summed E-state index contributed by atoms with van der Waals surface area (Å²) in [5, 5.41) is 5.41. The number of carbonyl (C=O) groups excluding carboxylic acids is 2. The zero-order chi connectivity index (χ0) is 21.4. The predicted octanol–water partition coefficient (Wildman–Crippen LogP) is 3.64. The van der Waals surface area contributed by atoms with Crippen molar-refractivity contribution in [1.29, 1.82) is 0 Å². The maximum Gasteiger partial charge on any atom is 0.325 e. The van der Waals surface area contributed by atoms with E-state index in [9.17, 15) is 9.59 Å². The van der Waals surface area contributed by atoms with Gasteiger partial charge in [-0.25, -0.2) is 9.67 Å². The van der Waals surface area contributed by atoms with Crippen LogP contribution in [0.1, 0.15) is 76.1 Å². The van der Waals surface area contributed by atoms with Crippen LogP contribution in [-0.4, -0.2) is 51.2 Å². The molecule has 7 heteroatoms. The van der Waals surface area contributed by atoms with Crippen molar-refractivity contribution in [3.63, 3.8) is 0 Å². The van der Waals surface area contributed by atoms with E-state index >= 15 is 0 Å². The van der Waals surface area contributed by atoms with E-state index in [0.29, 0.717) is 11.2 Å². The first-order valence-corrected chi connectivity index (χ1v) is 9.67. The third-order valence-corrected chi connectivity index (χ3v) is 4.70. The van der Waals surface area contributed by atoms with Gasteiger partial charge in [-0.3, -0.25) is 9.59 Å². The molecule has 0 aliphatic rings. The van der Waals surface area contributed by atoms with Crippen molar-refractivity contribution >= 4 is 22.9 Å². The molecule has 2 heterocycles. The molecule has 7 nitrogen and oxygen atoms in total. The molecule has 0 N–H and O–H groups in total. The van der Waals surface area contributed by atoms with Crippen LogP contribution in [0.3, 0.4) is 0 Å². The van der Waals surface area contributed by atoms with Crippen molar-refractivity contribution in [2.24, 2.45) is 0 Å². The fourth-order valence-electron chi connectivity index (χ4n) is 3.09. The van der Waals surface area contributed by atoms with Crippen LogP contribution in [0.5, 0.6) is 0 Å². The number of methoxy groups -OCH3 is 1. The number of aryl methyl sites for hydroxylation is 1. The Bertz CT molecular complexity index is 891. The average molecular weight is 389 g/mol. The lowest BCUT2D eigenvalue weighted by Crippen LogP contribution is -2.41. The highest BCUT2D eigenvalue weighted by atomic mass is 16.5. The van der Waals surface area contributed by atoms with E-state index in [1.165, 1.54) is 12.0 Å². The van der Waals surface area contributed by atoms with Crippen molar-refractivity contribution in [1.82, 2.24) is 19.7 Å². The highest BCUT2D eigenvalue weighted by Crippen LogP contribution is 2.30. The molecule has 0 radical (unpaired) electrons. The van der Waals surface area contributed by atoms with Crippen molar-refractivity contribution < 1.29 is 14.3 Å². The van der Waals surface area contributed by atoms with Gasteiger partial charge in [-0.05, 0) is 53.5 Å². The van der Waals surface area contributed by atoms with Crippen molar-refractivity contribution in [2.75, 3.05) is 13.7 Å². The number of nitrogens with zero attached hydrogens (tertiary/aromatic N) is 4. The first-order chi connectivity index (χ1) is 12.9. The first-order valence-electron chi connectivity index (χ1n) is 9.67. The summed E-state index contributed by atoms with van der Waals surface area (Å²) in [4.78, 5) is 31.7. The molecule has 0 aliphatic heterocycles. The van der Waals surface area contributed by atoms with Crippen LogP contribution >= 0.6 is 0 Å². The Balaban J connectivity index is 2.76. The van der Waals surface area contributed by atoms with Crippen LogP contribution in [-0.2, 0) is 15.1 Å². The first kappa shape index (κ1) is 21.9. The molecule has 2 rings (SSSR count). The number of aromatic nitrogens is 3. The summed E-state index contributed by atoms with van der Waals surface area (Å²) in [6.45, 7) is 15.8. The molecule has 0 aliphatic carbocycles. The highest BCUT2D eigenvalue weighted by Gasteiger charge is 2.29. The van der Waals surface area contributed by atoms with E-state index in [0.717, 1.165) is 16.8 Å². The smallest absolute Gasteiger partial charge is 0.325 e. The number of amides is 1. The normalized spacial score (nSPS) is 12.1. The molecular formula is C21H32N4O3. The molecule has 0 atom stereocenters. The Morgan fingerprint density at radius 2 is 1.82 bits per heavy atom. The van der Waals surface area contributed by atoms with Crippen LogP contribution in [0, 0.1) is 6.92 Å². The van der Waals surface area contributed by atoms with Crippen molar-refractivity contribution in [2.45, 2.75) is 72.9 Å². The Hall–Kier alpha value is -2.44. The lowest BCUT2D eigenvalue weighted by atomic mass is 10.0. The monoisotopic (exact) mass is 388 g/mol. The maximum atomic E-state index is 13.5. The largest absolute Gasteiger partial charge is 0.468 e. The topological polar surface area (TPSA) is 77.3 Å². The Morgan fingerprint density at radius 1 is 1.21 bits per heavy atom. The van der Waals surface area contributed by atoms with Crippen LogP contribution in [0.2, 0.25) is 0 Å². The summed E-state index contributed by atoms with van der Waals surface area (Å²) in [5.74, 6) is -0.516. The van der Waals surface area contributed by atoms with E-state index in [2.05, 4.69) is 25.9 Å². The molecular weight excluding hydrogens is 356 g/mol. The fourth-order valence-corrected chi connectivity index (χ4v) is 3.09. The molecule has 0 fully saturated rings. The molecule has 2 aromatic rings. The third kappa shape index (κ3) is 4.18. The molecule has 0 saturated carbocycles. The minimum Gasteiger partial charge on any atom is -0.468 e. The second kappa shape index (κ2) is 7.89.